The third-order valence-electron chi connectivity index (χ3n) is 2.65. The van der Waals surface area contributed by atoms with Crippen molar-refractivity contribution in [3.63, 3.8) is 0 Å². The average molecular weight is 288 g/mol. The van der Waals surface area contributed by atoms with Crippen molar-refractivity contribution in [2.45, 2.75) is 20.0 Å². The molecule has 1 rings (SSSR count). The van der Waals surface area contributed by atoms with Gasteiger partial charge in [-0.15, -0.1) is 0 Å². The summed E-state index contributed by atoms with van der Waals surface area (Å²) in [5, 5.41) is 13.0. The number of aryl methyl sites for hydroxylation is 1. The minimum absolute atomic E-state index is 0.512. The fourth-order valence-corrected chi connectivity index (χ4v) is 2.36. The van der Waals surface area contributed by atoms with Crippen LogP contribution in [0.5, 0.6) is 5.75 Å². The van der Waals surface area contributed by atoms with Gasteiger partial charge >= 0.3 is 0 Å². The number of halogens is 1. The van der Waals surface area contributed by atoms with Crippen LogP contribution in [0.4, 0.5) is 0 Å². The second-order valence-corrected chi connectivity index (χ2v) is 4.68. The van der Waals surface area contributed by atoms with Crippen molar-refractivity contribution in [3.05, 3.63) is 27.2 Å². The molecule has 4 heteroatoms. The fourth-order valence-electron chi connectivity index (χ4n) is 1.84. The maximum atomic E-state index is 10.1. The molecule has 0 aliphatic rings. The van der Waals surface area contributed by atoms with E-state index in [4.69, 9.17) is 4.74 Å². The number of nitrogens with one attached hydrogen (secondary N) is 1. The molecule has 0 saturated carbocycles. The zero-order chi connectivity index (χ0) is 12.3. The highest BCUT2D eigenvalue weighted by Gasteiger charge is 2.19. The molecule has 16 heavy (non-hydrogen) atoms. The summed E-state index contributed by atoms with van der Waals surface area (Å²) in [6, 6.07) is 2.01. The van der Waals surface area contributed by atoms with Crippen LogP contribution in [0.15, 0.2) is 10.5 Å². The standard InChI is InChI=1S/C12H18BrNO2/c1-7-5-9(13)8(2)12(16-4)11(7)10(15)6-14-3/h5,10,14-15H,6H2,1-4H3. The fraction of sp³-hybridized carbons (Fsp3) is 0.500. The van der Waals surface area contributed by atoms with Crippen LogP contribution in [0.1, 0.15) is 22.8 Å². The summed E-state index contributed by atoms with van der Waals surface area (Å²) >= 11 is 3.48. The van der Waals surface area contributed by atoms with Crippen molar-refractivity contribution in [2.75, 3.05) is 20.7 Å². The van der Waals surface area contributed by atoms with Crippen LogP contribution >= 0.6 is 15.9 Å². The van der Waals surface area contributed by atoms with Gasteiger partial charge in [0.2, 0.25) is 0 Å². The third kappa shape index (κ3) is 2.56. The molecule has 2 N–H and O–H groups in total. The molecule has 0 aliphatic heterocycles. The molecule has 0 saturated heterocycles. The molecule has 90 valence electrons. The minimum atomic E-state index is -0.549. The van der Waals surface area contributed by atoms with E-state index in [1.54, 1.807) is 7.11 Å². The maximum absolute atomic E-state index is 10.1. The lowest BCUT2D eigenvalue weighted by Crippen LogP contribution is -2.18. The van der Waals surface area contributed by atoms with Gasteiger partial charge in [-0.3, -0.25) is 0 Å². The molecule has 0 aliphatic carbocycles. The van der Waals surface area contributed by atoms with Crippen LogP contribution in [-0.2, 0) is 0 Å². The van der Waals surface area contributed by atoms with E-state index in [0.29, 0.717) is 6.54 Å². The second kappa shape index (κ2) is 5.66. The van der Waals surface area contributed by atoms with Crippen molar-refractivity contribution in [3.8, 4) is 5.75 Å². The normalized spacial score (nSPS) is 12.6. The number of rotatable bonds is 4. The monoisotopic (exact) mass is 287 g/mol. The van der Waals surface area contributed by atoms with E-state index in [9.17, 15) is 5.11 Å². The molecule has 1 atom stereocenters. The van der Waals surface area contributed by atoms with Gasteiger partial charge in [0.25, 0.3) is 0 Å². The smallest absolute Gasteiger partial charge is 0.129 e. The summed E-state index contributed by atoms with van der Waals surface area (Å²) in [6.45, 7) is 4.46. The van der Waals surface area contributed by atoms with Gasteiger partial charge in [-0.05, 0) is 32.5 Å². The molecular formula is C12H18BrNO2. The molecule has 0 fully saturated rings. The minimum Gasteiger partial charge on any atom is -0.496 e. The van der Waals surface area contributed by atoms with Crippen molar-refractivity contribution in [1.29, 1.82) is 0 Å². The first kappa shape index (κ1) is 13.5. The number of aliphatic hydroxyl groups excluding tert-OH is 1. The molecule has 1 unspecified atom stereocenters. The Labute approximate surface area is 105 Å². The van der Waals surface area contributed by atoms with Gasteiger partial charge < -0.3 is 15.2 Å². The summed E-state index contributed by atoms with van der Waals surface area (Å²) in [6.07, 6.45) is -0.549. The Bertz CT molecular complexity index is 380. The summed E-state index contributed by atoms with van der Waals surface area (Å²) in [7, 11) is 3.44. The van der Waals surface area contributed by atoms with E-state index in [1.807, 2.05) is 27.0 Å². The number of hydrogen-bond acceptors (Lipinski definition) is 3. The average Bonchev–Trinajstić information content (AvgIpc) is 2.23. The predicted octanol–water partition coefficient (Wildman–Crippen LogP) is 2.33. The van der Waals surface area contributed by atoms with Gasteiger partial charge in [0, 0.05) is 22.1 Å². The number of methoxy groups -OCH3 is 1. The molecule has 0 spiro atoms. The lowest BCUT2D eigenvalue weighted by Gasteiger charge is -2.20. The summed E-state index contributed by atoms with van der Waals surface area (Å²) in [5.74, 6) is 0.759. The van der Waals surface area contributed by atoms with E-state index in [-0.39, 0.29) is 0 Å². The van der Waals surface area contributed by atoms with E-state index < -0.39 is 6.10 Å². The number of ether oxygens (including phenoxy) is 1. The Balaban J connectivity index is 3.30. The first-order chi connectivity index (χ1) is 7.52. The van der Waals surface area contributed by atoms with Crippen LogP contribution in [-0.4, -0.2) is 25.8 Å². The Morgan fingerprint density at radius 2 is 2.12 bits per heavy atom. The van der Waals surface area contributed by atoms with Crippen LogP contribution in [0, 0.1) is 13.8 Å². The number of hydrogen-bond donors (Lipinski definition) is 2. The highest BCUT2D eigenvalue weighted by Crippen LogP contribution is 2.36. The van der Waals surface area contributed by atoms with E-state index in [1.165, 1.54) is 0 Å². The lowest BCUT2D eigenvalue weighted by molar-refractivity contribution is 0.172. The van der Waals surface area contributed by atoms with E-state index in [0.717, 1.165) is 26.9 Å². The molecule has 0 aromatic heterocycles. The second-order valence-electron chi connectivity index (χ2n) is 3.82. The van der Waals surface area contributed by atoms with Crippen LogP contribution in [0.25, 0.3) is 0 Å². The van der Waals surface area contributed by atoms with Crippen LogP contribution in [0.2, 0.25) is 0 Å². The molecule has 1 aromatic rings. The number of likely N-dealkylation sites (N-methyl/N-ethyl adjacent to an activating group) is 1. The van der Waals surface area contributed by atoms with Gasteiger partial charge in [0.05, 0.1) is 13.2 Å². The highest BCUT2D eigenvalue weighted by molar-refractivity contribution is 9.10. The van der Waals surface area contributed by atoms with Crippen molar-refractivity contribution in [2.24, 2.45) is 0 Å². The summed E-state index contributed by atoms with van der Waals surface area (Å²) < 4.78 is 6.39. The predicted molar refractivity (Wildman–Crippen MR) is 69.1 cm³/mol. The van der Waals surface area contributed by atoms with Crippen molar-refractivity contribution >= 4 is 15.9 Å². The van der Waals surface area contributed by atoms with Gasteiger partial charge in [-0.25, -0.2) is 0 Å². The van der Waals surface area contributed by atoms with Crippen molar-refractivity contribution in [1.82, 2.24) is 5.32 Å². The zero-order valence-electron chi connectivity index (χ0n) is 10.1. The molecule has 0 bridgehead atoms. The SMILES string of the molecule is CNCC(O)c1c(C)cc(Br)c(C)c1OC. The topological polar surface area (TPSA) is 41.5 Å². The Kier molecular flexibility index (Phi) is 4.77. The first-order valence-electron chi connectivity index (χ1n) is 5.19. The quantitative estimate of drug-likeness (QED) is 0.893. The van der Waals surface area contributed by atoms with E-state index >= 15 is 0 Å². The van der Waals surface area contributed by atoms with Gasteiger partial charge in [-0.1, -0.05) is 15.9 Å². The first-order valence-corrected chi connectivity index (χ1v) is 5.98. The van der Waals surface area contributed by atoms with Crippen LogP contribution in [0.3, 0.4) is 0 Å². The van der Waals surface area contributed by atoms with E-state index in [2.05, 4.69) is 21.2 Å². The largest absolute Gasteiger partial charge is 0.496 e. The Hall–Kier alpha value is -0.580. The molecular weight excluding hydrogens is 270 g/mol. The van der Waals surface area contributed by atoms with Crippen LogP contribution < -0.4 is 10.1 Å². The third-order valence-corrected chi connectivity index (χ3v) is 3.47. The van der Waals surface area contributed by atoms with Crippen molar-refractivity contribution < 1.29 is 9.84 Å². The summed E-state index contributed by atoms with van der Waals surface area (Å²) in [5.41, 5.74) is 2.90. The molecule has 0 amide bonds. The number of aliphatic hydroxyl groups is 1. The van der Waals surface area contributed by atoms with Gasteiger partial charge in [0.15, 0.2) is 0 Å². The Morgan fingerprint density at radius 3 is 2.62 bits per heavy atom. The number of benzene rings is 1. The van der Waals surface area contributed by atoms with Gasteiger partial charge in [0.1, 0.15) is 5.75 Å². The lowest BCUT2D eigenvalue weighted by atomic mass is 9.99. The Morgan fingerprint density at radius 1 is 1.50 bits per heavy atom. The highest BCUT2D eigenvalue weighted by atomic mass is 79.9. The molecule has 0 heterocycles. The molecule has 0 radical (unpaired) electrons. The van der Waals surface area contributed by atoms with Gasteiger partial charge in [-0.2, -0.15) is 0 Å². The molecule has 1 aromatic carbocycles. The maximum Gasteiger partial charge on any atom is 0.129 e. The molecule has 3 nitrogen and oxygen atoms in total. The zero-order valence-corrected chi connectivity index (χ0v) is 11.7. The summed E-state index contributed by atoms with van der Waals surface area (Å²) in [4.78, 5) is 0.